The molecule has 2 aromatic rings. The number of carbonyl (C=O) groups is 3. The van der Waals surface area contributed by atoms with Crippen molar-refractivity contribution >= 4 is 29.3 Å². The maximum Gasteiger partial charge on any atom is 0.327 e. The van der Waals surface area contributed by atoms with E-state index in [0.29, 0.717) is 23.0 Å². The number of ether oxygens (including phenoxy) is 1. The van der Waals surface area contributed by atoms with Crippen LogP contribution in [0, 0.1) is 5.92 Å². The van der Waals surface area contributed by atoms with Crippen molar-refractivity contribution in [2.24, 2.45) is 5.92 Å². The van der Waals surface area contributed by atoms with E-state index in [4.69, 9.17) is 20.8 Å². The average Bonchev–Trinajstić information content (AvgIpc) is 3.16. The van der Waals surface area contributed by atoms with E-state index in [9.17, 15) is 14.4 Å². The molecule has 0 bridgehead atoms. The monoisotopic (exact) mass is 377 g/mol. The Hall–Kier alpha value is -3.00. The van der Waals surface area contributed by atoms with Crippen LogP contribution in [0.2, 0.25) is 5.02 Å². The van der Waals surface area contributed by atoms with E-state index in [1.165, 1.54) is 6.26 Å². The first-order valence-corrected chi connectivity index (χ1v) is 8.22. The van der Waals surface area contributed by atoms with Crippen LogP contribution >= 0.6 is 11.6 Å². The van der Waals surface area contributed by atoms with Crippen molar-refractivity contribution in [1.29, 1.82) is 0 Å². The molecule has 26 heavy (non-hydrogen) atoms. The van der Waals surface area contributed by atoms with Gasteiger partial charge in [0.25, 0.3) is 0 Å². The number of fused-ring (bicyclic) bond motifs is 1. The van der Waals surface area contributed by atoms with Crippen molar-refractivity contribution in [3.05, 3.63) is 52.9 Å². The highest BCUT2D eigenvalue weighted by Gasteiger charge is 2.27. The third kappa shape index (κ3) is 4.34. The van der Waals surface area contributed by atoms with E-state index in [-0.39, 0.29) is 13.2 Å². The Labute approximate surface area is 153 Å². The Morgan fingerprint density at radius 3 is 2.77 bits per heavy atom. The molecular weight excluding hydrogens is 362 g/mol. The molecule has 0 saturated heterocycles. The summed E-state index contributed by atoms with van der Waals surface area (Å²) >= 11 is 5.94. The summed E-state index contributed by atoms with van der Waals surface area (Å²) in [4.78, 5) is 35.6. The predicted octanol–water partition coefficient (Wildman–Crippen LogP) is 0.948. The molecule has 0 fully saturated rings. The fourth-order valence-corrected chi connectivity index (χ4v) is 2.66. The highest BCUT2D eigenvalue weighted by Crippen LogP contribution is 2.29. The zero-order chi connectivity index (χ0) is 18.5. The molecule has 3 rings (SSSR count). The van der Waals surface area contributed by atoms with Crippen molar-refractivity contribution in [1.82, 2.24) is 16.2 Å². The molecule has 136 valence electrons. The van der Waals surface area contributed by atoms with Crippen LogP contribution in [0.4, 0.5) is 0 Å². The van der Waals surface area contributed by atoms with Crippen molar-refractivity contribution in [3.8, 4) is 5.75 Å². The van der Waals surface area contributed by atoms with E-state index >= 15 is 0 Å². The zero-order valence-corrected chi connectivity index (χ0v) is 14.3. The normalized spacial score (nSPS) is 15.3. The second-order valence-corrected chi connectivity index (χ2v) is 6.11. The van der Waals surface area contributed by atoms with Crippen LogP contribution in [0.3, 0.4) is 0 Å². The van der Waals surface area contributed by atoms with Crippen LogP contribution in [0.15, 0.2) is 41.0 Å². The molecule has 0 radical (unpaired) electrons. The number of halogens is 1. The van der Waals surface area contributed by atoms with Crippen molar-refractivity contribution in [3.63, 3.8) is 0 Å². The standard InChI is InChI=1S/C17H16ClN3O5/c18-12-3-4-14-10(7-12)6-11(9-26-14)15(22)20-21-17(24)16(23)19-8-13-2-1-5-25-13/h1-5,7,11H,6,8-9H2,(H,19,23)(H,20,22)(H,21,24)/t11-/m1/s1. The lowest BCUT2D eigenvalue weighted by Crippen LogP contribution is -2.51. The summed E-state index contributed by atoms with van der Waals surface area (Å²) in [5.74, 6) is -1.65. The lowest BCUT2D eigenvalue weighted by molar-refractivity contribution is -0.141. The molecule has 9 heteroatoms. The van der Waals surface area contributed by atoms with Crippen LogP contribution < -0.4 is 20.9 Å². The third-order valence-electron chi connectivity index (χ3n) is 3.81. The second-order valence-electron chi connectivity index (χ2n) is 5.67. The number of rotatable bonds is 3. The van der Waals surface area contributed by atoms with Gasteiger partial charge in [-0.15, -0.1) is 0 Å². The Bertz CT molecular complexity index is 822. The van der Waals surface area contributed by atoms with E-state index in [2.05, 4.69) is 16.2 Å². The molecule has 0 saturated carbocycles. The number of carbonyl (C=O) groups excluding carboxylic acids is 3. The second kappa shape index (κ2) is 7.92. The molecule has 8 nitrogen and oxygen atoms in total. The SMILES string of the molecule is O=C(NCc1ccco1)C(=O)NNC(=O)[C@H]1COc2ccc(Cl)cc2C1. The fourth-order valence-electron chi connectivity index (χ4n) is 2.47. The van der Waals surface area contributed by atoms with Gasteiger partial charge in [0.2, 0.25) is 5.91 Å². The number of nitrogens with one attached hydrogen (secondary N) is 3. The molecular formula is C17H16ClN3O5. The number of amides is 3. The van der Waals surface area contributed by atoms with Crippen molar-refractivity contribution in [2.45, 2.75) is 13.0 Å². The van der Waals surface area contributed by atoms with Gasteiger partial charge in [0, 0.05) is 5.02 Å². The van der Waals surface area contributed by atoms with Gasteiger partial charge in [0.1, 0.15) is 18.1 Å². The van der Waals surface area contributed by atoms with Crippen LogP contribution in [-0.2, 0) is 27.3 Å². The quantitative estimate of drug-likeness (QED) is 0.545. The molecule has 3 amide bonds. The Morgan fingerprint density at radius 2 is 2.00 bits per heavy atom. The Balaban J connectivity index is 1.46. The third-order valence-corrected chi connectivity index (χ3v) is 4.04. The lowest BCUT2D eigenvalue weighted by atomic mass is 9.96. The van der Waals surface area contributed by atoms with E-state index in [0.717, 1.165) is 5.56 Å². The number of furan rings is 1. The first-order chi connectivity index (χ1) is 12.5. The van der Waals surface area contributed by atoms with Gasteiger partial charge in [-0.1, -0.05) is 11.6 Å². The van der Waals surface area contributed by atoms with E-state index in [1.54, 1.807) is 30.3 Å². The Morgan fingerprint density at radius 1 is 1.15 bits per heavy atom. The van der Waals surface area contributed by atoms with Gasteiger partial charge in [0.15, 0.2) is 0 Å². The van der Waals surface area contributed by atoms with Gasteiger partial charge in [0.05, 0.1) is 18.7 Å². The van der Waals surface area contributed by atoms with Gasteiger partial charge >= 0.3 is 11.8 Å². The number of hydrogen-bond donors (Lipinski definition) is 3. The van der Waals surface area contributed by atoms with Crippen LogP contribution in [0.5, 0.6) is 5.75 Å². The van der Waals surface area contributed by atoms with Crippen LogP contribution in [0.25, 0.3) is 0 Å². The van der Waals surface area contributed by atoms with E-state index in [1.807, 2.05) is 0 Å². The lowest BCUT2D eigenvalue weighted by Gasteiger charge is -2.24. The summed E-state index contributed by atoms with van der Waals surface area (Å²) in [6, 6.07) is 8.52. The van der Waals surface area contributed by atoms with Gasteiger partial charge in [-0.3, -0.25) is 25.2 Å². The molecule has 1 atom stereocenters. The van der Waals surface area contributed by atoms with Gasteiger partial charge in [-0.25, -0.2) is 0 Å². The average molecular weight is 378 g/mol. The maximum absolute atomic E-state index is 12.2. The summed E-state index contributed by atoms with van der Waals surface area (Å²) in [5, 5.41) is 2.92. The summed E-state index contributed by atoms with van der Waals surface area (Å²) in [6.07, 6.45) is 1.88. The molecule has 1 aliphatic rings. The highest BCUT2D eigenvalue weighted by molar-refractivity contribution is 6.35. The summed E-state index contributed by atoms with van der Waals surface area (Å²) < 4.78 is 10.6. The van der Waals surface area contributed by atoms with Crippen LogP contribution in [0.1, 0.15) is 11.3 Å². The highest BCUT2D eigenvalue weighted by atomic mass is 35.5. The number of hydrogen-bond acceptors (Lipinski definition) is 5. The van der Waals surface area contributed by atoms with Crippen LogP contribution in [-0.4, -0.2) is 24.3 Å². The first-order valence-electron chi connectivity index (χ1n) is 7.84. The summed E-state index contributed by atoms with van der Waals surface area (Å²) in [7, 11) is 0. The minimum absolute atomic E-state index is 0.0706. The minimum atomic E-state index is -0.981. The zero-order valence-electron chi connectivity index (χ0n) is 13.6. The maximum atomic E-state index is 12.2. The van der Waals surface area contributed by atoms with E-state index < -0.39 is 23.6 Å². The smallest absolute Gasteiger partial charge is 0.327 e. The molecule has 1 aliphatic heterocycles. The van der Waals surface area contributed by atoms with Gasteiger partial charge in [-0.05, 0) is 42.3 Å². The molecule has 1 aromatic heterocycles. The fraction of sp³-hybridized carbons (Fsp3) is 0.235. The number of benzene rings is 1. The summed E-state index contributed by atoms with van der Waals surface area (Å²) in [5.41, 5.74) is 5.13. The molecule has 0 spiro atoms. The minimum Gasteiger partial charge on any atom is -0.492 e. The predicted molar refractivity (Wildman–Crippen MR) is 91.0 cm³/mol. The topological polar surface area (TPSA) is 110 Å². The first kappa shape index (κ1) is 17.8. The van der Waals surface area contributed by atoms with Crippen molar-refractivity contribution < 1.29 is 23.5 Å². The molecule has 2 heterocycles. The van der Waals surface area contributed by atoms with Crippen molar-refractivity contribution in [2.75, 3.05) is 6.61 Å². The largest absolute Gasteiger partial charge is 0.492 e. The summed E-state index contributed by atoms with van der Waals surface area (Å²) in [6.45, 7) is 0.238. The van der Waals surface area contributed by atoms with Gasteiger partial charge in [-0.2, -0.15) is 0 Å². The molecule has 1 aromatic carbocycles. The molecule has 0 aliphatic carbocycles. The molecule has 3 N–H and O–H groups in total. The Kier molecular flexibility index (Phi) is 5.43. The number of hydrazine groups is 1. The molecule has 0 unspecified atom stereocenters. The van der Waals surface area contributed by atoms with Gasteiger partial charge < -0.3 is 14.5 Å².